The number of benzene rings is 2. The Morgan fingerprint density at radius 1 is 1.14 bits per heavy atom. The molecular weight excluding hydrogens is 505 g/mol. The largest absolute Gasteiger partial charge is 0.504 e. The van der Waals surface area contributed by atoms with Crippen molar-refractivity contribution in [2.24, 2.45) is 12.1 Å². The first-order valence-corrected chi connectivity index (χ1v) is 12.2. The summed E-state index contributed by atoms with van der Waals surface area (Å²) in [6, 6.07) is 10.7. The van der Waals surface area contributed by atoms with Crippen LogP contribution in [0, 0.1) is 0 Å². The van der Waals surface area contributed by atoms with Crippen molar-refractivity contribution in [3.05, 3.63) is 59.8 Å². The van der Waals surface area contributed by atoms with Crippen LogP contribution in [0.1, 0.15) is 18.2 Å². The van der Waals surface area contributed by atoms with E-state index in [1.165, 1.54) is 22.9 Å². The van der Waals surface area contributed by atoms with Crippen LogP contribution >= 0.6 is 12.2 Å². The van der Waals surface area contributed by atoms with Gasteiger partial charge in [-0.05, 0) is 49.5 Å². The smallest absolute Gasteiger partial charge is 0.416 e. The average molecular weight is 527 g/mol. The van der Waals surface area contributed by atoms with E-state index >= 15 is 0 Å². The molecule has 0 saturated heterocycles. The Morgan fingerprint density at radius 2 is 1.77 bits per heavy atom. The number of nitrogens with zero attached hydrogens (tertiary/aromatic N) is 3. The SMILES string of the molecule is CC(=NNC(=S)Nc1cccc(NS(C)(=O)=O)c1)c1nn(C)c(-c2ccc(C(F)(F)F)cc2)c1O. The van der Waals surface area contributed by atoms with Crippen LogP contribution in [-0.4, -0.2) is 40.4 Å². The van der Waals surface area contributed by atoms with E-state index in [1.807, 2.05) is 0 Å². The number of thiocarbonyl (C=S) groups is 1. The first-order chi connectivity index (χ1) is 16.2. The standard InChI is InChI=1S/C21H21F3N6O3S2/c1-12(26-27-20(34)25-15-5-4-6-16(11-15)29-35(3,32)33)17-19(31)18(30(2)28-17)13-7-9-14(10-8-13)21(22,23)24/h4-11,29,31H,1-3H3,(H2,25,27,34). The predicted octanol–water partition coefficient (Wildman–Crippen LogP) is 3.89. The summed E-state index contributed by atoms with van der Waals surface area (Å²) in [4.78, 5) is 0. The number of aromatic nitrogens is 2. The van der Waals surface area contributed by atoms with Gasteiger partial charge < -0.3 is 10.4 Å². The minimum absolute atomic E-state index is 0.0826. The molecule has 0 radical (unpaired) electrons. The van der Waals surface area contributed by atoms with E-state index in [0.717, 1.165) is 18.4 Å². The van der Waals surface area contributed by atoms with E-state index < -0.39 is 21.8 Å². The van der Waals surface area contributed by atoms with E-state index in [4.69, 9.17) is 12.2 Å². The molecule has 0 amide bonds. The molecule has 3 rings (SSSR count). The molecule has 1 heterocycles. The molecule has 0 fully saturated rings. The van der Waals surface area contributed by atoms with Gasteiger partial charge in [-0.3, -0.25) is 14.8 Å². The maximum atomic E-state index is 12.8. The normalized spacial score (nSPS) is 12.3. The van der Waals surface area contributed by atoms with Gasteiger partial charge in [0.05, 0.1) is 23.2 Å². The summed E-state index contributed by atoms with van der Waals surface area (Å²) in [6.45, 7) is 1.56. The Balaban J connectivity index is 1.74. The van der Waals surface area contributed by atoms with Crippen LogP contribution in [0.3, 0.4) is 0 Å². The molecule has 2 aromatic carbocycles. The Kier molecular flexibility index (Phi) is 7.36. The number of aromatic hydroxyl groups is 1. The molecule has 0 aliphatic carbocycles. The average Bonchev–Trinajstić information content (AvgIpc) is 3.04. The molecule has 0 atom stereocenters. The van der Waals surface area contributed by atoms with Gasteiger partial charge >= 0.3 is 6.18 Å². The summed E-state index contributed by atoms with van der Waals surface area (Å²) >= 11 is 5.19. The molecule has 0 aliphatic rings. The molecule has 4 N–H and O–H groups in total. The van der Waals surface area contributed by atoms with Crippen LogP contribution in [0.25, 0.3) is 11.3 Å². The highest BCUT2D eigenvalue weighted by Crippen LogP contribution is 2.35. The summed E-state index contributed by atoms with van der Waals surface area (Å²) in [6.07, 6.45) is -3.43. The zero-order chi connectivity index (χ0) is 26.0. The third-order valence-electron chi connectivity index (χ3n) is 4.60. The lowest BCUT2D eigenvalue weighted by molar-refractivity contribution is -0.137. The summed E-state index contributed by atoms with van der Waals surface area (Å²) in [5.74, 6) is -0.256. The quantitative estimate of drug-likeness (QED) is 0.218. The molecule has 0 unspecified atom stereocenters. The van der Waals surface area contributed by atoms with Crippen molar-refractivity contribution in [2.45, 2.75) is 13.1 Å². The molecule has 35 heavy (non-hydrogen) atoms. The van der Waals surface area contributed by atoms with Crippen LogP contribution in [0.4, 0.5) is 24.5 Å². The van der Waals surface area contributed by atoms with Crippen LogP contribution in [0.15, 0.2) is 53.6 Å². The molecule has 0 saturated carbocycles. The van der Waals surface area contributed by atoms with Crippen molar-refractivity contribution in [1.29, 1.82) is 0 Å². The van der Waals surface area contributed by atoms with Crippen LogP contribution in [0.5, 0.6) is 5.75 Å². The van der Waals surface area contributed by atoms with Crippen LogP contribution < -0.4 is 15.5 Å². The van der Waals surface area contributed by atoms with Gasteiger partial charge in [-0.1, -0.05) is 18.2 Å². The van der Waals surface area contributed by atoms with Crippen molar-refractivity contribution >= 4 is 44.4 Å². The summed E-state index contributed by atoms with van der Waals surface area (Å²) in [5, 5.41) is 21.9. The first-order valence-electron chi connectivity index (χ1n) is 9.87. The van der Waals surface area contributed by atoms with Gasteiger partial charge in [0.2, 0.25) is 10.0 Å². The lowest BCUT2D eigenvalue weighted by Gasteiger charge is -2.10. The van der Waals surface area contributed by atoms with Crippen molar-refractivity contribution in [1.82, 2.24) is 15.2 Å². The molecule has 3 aromatic rings. The Morgan fingerprint density at radius 3 is 2.37 bits per heavy atom. The van der Waals surface area contributed by atoms with Gasteiger partial charge in [0.15, 0.2) is 16.6 Å². The van der Waals surface area contributed by atoms with Crippen molar-refractivity contribution in [2.75, 3.05) is 16.3 Å². The number of aryl methyl sites for hydroxylation is 1. The number of hydrazone groups is 1. The molecule has 1 aromatic heterocycles. The van der Waals surface area contributed by atoms with Gasteiger partial charge in [-0.25, -0.2) is 8.42 Å². The fourth-order valence-corrected chi connectivity index (χ4v) is 3.84. The Labute approximate surface area is 204 Å². The highest BCUT2D eigenvalue weighted by atomic mass is 32.2. The number of nitrogens with one attached hydrogen (secondary N) is 3. The molecular formula is C21H21F3N6O3S2. The second kappa shape index (κ2) is 9.92. The molecule has 0 bridgehead atoms. The monoisotopic (exact) mass is 526 g/mol. The van der Waals surface area contributed by atoms with Crippen LogP contribution in [-0.2, 0) is 23.2 Å². The molecule has 0 aliphatic heterocycles. The van der Waals surface area contributed by atoms with Gasteiger partial charge in [-0.2, -0.15) is 23.4 Å². The lowest BCUT2D eigenvalue weighted by atomic mass is 10.1. The molecule has 186 valence electrons. The molecule has 0 spiro atoms. The summed E-state index contributed by atoms with van der Waals surface area (Å²) in [7, 11) is -1.90. The Hall–Kier alpha value is -3.65. The first kappa shape index (κ1) is 26.0. The van der Waals surface area contributed by atoms with E-state index in [0.29, 0.717) is 16.9 Å². The predicted molar refractivity (Wildman–Crippen MR) is 132 cm³/mol. The minimum atomic E-state index is -4.47. The summed E-state index contributed by atoms with van der Waals surface area (Å²) < 4.78 is 64.9. The third kappa shape index (κ3) is 6.70. The molecule has 14 heteroatoms. The van der Waals surface area contributed by atoms with Gasteiger partial charge in [0.25, 0.3) is 0 Å². The van der Waals surface area contributed by atoms with E-state index in [2.05, 4.69) is 25.7 Å². The number of hydrogen-bond acceptors (Lipinski definition) is 6. The number of sulfonamides is 1. The fraction of sp³-hybridized carbons (Fsp3) is 0.190. The Bertz CT molecular complexity index is 1380. The lowest BCUT2D eigenvalue weighted by Crippen LogP contribution is -2.25. The van der Waals surface area contributed by atoms with Gasteiger partial charge in [0.1, 0.15) is 5.69 Å². The fourth-order valence-electron chi connectivity index (χ4n) is 3.12. The van der Waals surface area contributed by atoms with Gasteiger partial charge in [0, 0.05) is 18.3 Å². The van der Waals surface area contributed by atoms with E-state index in [1.54, 1.807) is 32.2 Å². The maximum Gasteiger partial charge on any atom is 0.416 e. The highest BCUT2D eigenvalue weighted by molar-refractivity contribution is 7.92. The maximum absolute atomic E-state index is 12.8. The number of halogens is 3. The highest BCUT2D eigenvalue weighted by Gasteiger charge is 2.30. The second-order valence-corrected chi connectivity index (χ2v) is 9.62. The van der Waals surface area contributed by atoms with Crippen molar-refractivity contribution in [3.8, 4) is 17.0 Å². The van der Waals surface area contributed by atoms with Gasteiger partial charge in [-0.15, -0.1) is 0 Å². The summed E-state index contributed by atoms with van der Waals surface area (Å²) in [5.41, 5.74) is 3.57. The number of alkyl halides is 3. The second-order valence-electron chi connectivity index (χ2n) is 7.46. The molecule has 9 nitrogen and oxygen atoms in total. The van der Waals surface area contributed by atoms with Crippen molar-refractivity contribution < 1.29 is 26.7 Å². The zero-order valence-corrected chi connectivity index (χ0v) is 20.3. The van der Waals surface area contributed by atoms with Crippen LogP contribution in [0.2, 0.25) is 0 Å². The van der Waals surface area contributed by atoms with Crippen molar-refractivity contribution in [3.63, 3.8) is 0 Å². The van der Waals surface area contributed by atoms with E-state index in [-0.39, 0.29) is 28.0 Å². The number of hydrogen-bond donors (Lipinski definition) is 4. The number of anilines is 2. The zero-order valence-electron chi connectivity index (χ0n) is 18.7. The minimum Gasteiger partial charge on any atom is -0.504 e. The number of rotatable bonds is 6. The van der Waals surface area contributed by atoms with E-state index in [9.17, 15) is 26.7 Å². The third-order valence-corrected chi connectivity index (χ3v) is 5.40. The topological polar surface area (TPSA) is 121 Å².